The van der Waals surface area contributed by atoms with Crippen molar-refractivity contribution in [3.8, 4) is 0 Å². The first-order valence-corrected chi connectivity index (χ1v) is 6.88. The largest absolute Gasteiger partial charge is 4.00 e. The number of hydrogen-bond acceptors (Lipinski definition) is 8. The summed E-state index contributed by atoms with van der Waals surface area (Å²) in [5.41, 5.74) is -3.61. The number of carbonyl (C=O) groups is 4. The smallest absolute Gasteiger partial charge is 0.549 e. The van der Waals surface area contributed by atoms with Crippen molar-refractivity contribution < 1.29 is 65.8 Å². The third-order valence-corrected chi connectivity index (χ3v) is 3.98. The number of carboxylic acid groups (broad SMARTS) is 4. The fourth-order valence-corrected chi connectivity index (χ4v) is 1.82. The zero-order valence-corrected chi connectivity index (χ0v) is 16.1. The second-order valence-corrected chi connectivity index (χ2v) is 4.73. The Kier molecular flexibility index (Phi) is 13.1. The first kappa shape index (κ1) is 26.6. The molecule has 0 fully saturated rings. The van der Waals surface area contributed by atoms with E-state index in [1.54, 1.807) is 0 Å². The maximum Gasteiger partial charge on any atom is 4.00 e. The molecule has 0 heterocycles. The summed E-state index contributed by atoms with van der Waals surface area (Å²) in [6.45, 7) is 5.92. The molecule has 0 aromatic rings. The maximum absolute atomic E-state index is 10.4. The minimum Gasteiger partial charge on any atom is -0.549 e. The van der Waals surface area contributed by atoms with Crippen LogP contribution in [0.4, 0.5) is 0 Å². The standard InChI is InChI=1S/2C7H12O4.Zr/c2*1-3-7(4-2,5(8)9)6(10)11;/h2*3-4H2,1-2H3,(H,8,9)(H,10,11);/q;;+4/p-4. The number of carbonyl (C=O) groups excluding carboxylic acids is 4. The van der Waals surface area contributed by atoms with E-state index in [1.165, 1.54) is 27.7 Å². The van der Waals surface area contributed by atoms with E-state index in [0.29, 0.717) is 0 Å². The van der Waals surface area contributed by atoms with Gasteiger partial charge in [-0.05, 0) is 25.7 Å². The molecule has 0 rings (SSSR count). The van der Waals surface area contributed by atoms with Crippen molar-refractivity contribution in [3.05, 3.63) is 0 Å². The zero-order chi connectivity index (χ0) is 18.1. The molecule has 0 bridgehead atoms. The summed E-state index contributed by atoms with van der Waals surface area (Å²) in [7, 11) is 0. The monoisotopic (exact) mass is 406 g/mol. The molecule has 0 saturated heterocycles. The summed E-state index contributed by atoms with van der Waals surface area (Å²) in [6.07, 6.45) is -0.0231. The molecular weight excluding hydrogens is 387 g/mol. The Bertz CT molecular complexity index is 352. The zero-order valence-electron chi connectivity index (χ0n) is 13.6. The normalized spacial score (nSPS) is 10.6. The van der Waals surface area contributed by atoms with Crippen LogP contribution in [0.2, 0.25) is 0 Å². The summed E-state index contributed by atoms with van der Waals surface area (Å²) < 4.78 is 0. The Labute approximate surface area is 154 Å². The summed E-state index contributed by atoms with van der Waals surface area (Å²) >= 11 is 0. The minimum atomic E-state index is -1.81. The molecule has 0 saturated carbocycles. The fourth-order valence-electron chi connectivity index (χ4n) is 1.82. The van der Waals surface area contributed by atoms with E-state index >= 15 is 0 Å². The molecule has 0 radical (unpaired) electrons. The predicted molar refractivity (Wildman–Crippen MR) is 66.1 cm³/mol. The molecule has 0 aromatic carbocycles. The average Bonchev–Trinajstić information content (AvgIpc) is 2.41. The van der Waals surface area contributed by atoms with Gasteiger partial charge < -0.3 is 39.6 Å². The summed E-state index contributed by atoms with van der Waals surface area (Å²) in [5, 5.41) is 41.6. The summed E-state index contributed by atoms with van der Waals surface area (Å²) in [5.74, 6) is -6.27. The summed E-state index contributed by atoms with van der Waals surface area (Å²) in [4.78, 5) is 41.6. The van der Waals surface area contributed by atoms with E-state index in [0.717, 1.165) is 0 Å². The third-order valence-electron chi connectivity index (χ3n) is 3.98. The SMILES string of the molecule is CCC(CC)(C(=O)[O-])C(=O)[O-].CCC(CC)(C(=O)[O-])C(=O)[O-].[Zr+4]. The van der Waals surface area contributed by atoms with Crippen LogP contribution in [0.15, 0.2) is 0 Å². The van der Waals surface area contributed by atoms with Crippen molar-refractivity contribution >= 4 is 23.9 Å². The van der Waals surface area contributed by atoms with Gasteiger partial charge in [0.15, 0.2) is 0 Å². The maximum atomic E-state index is 10.4. The van der Waals surface area contributed by atoms with Crippen molar-refractivity contribution in [1.82, 2.24) is 0 Å². The van der Waals surface area contributed by atoms with E-state index in [9.17, 15) is 39.6 Å². The van der Waals surface area contributed by atoms with Crippen LogP contribution in [0.25, 0.3) is 0 Å². The van der Waals surface area contributed by atoms with Crippen LogP contribution < -0.4 is 20.4 Å². The second kappa shape index (κ2) is 11.3. The van der Waals surface area contributed by atoms with E-state index < -0.39 is 34.7 Å². The number of hydrogen-bond donors (Lipinski definition) is 0. The van der Waals surface area contributed by atoms with Crippen molar-refractivity contribution in [3.63, 3.8) is 0 Å². The van der Waals surface area contributed by atoms with Crippen LogP contribution >= 0.6 is 0 Å². The number of aliphatic carboxylic acids is 4. The summed E-state index contributed by atoms with van der Waals surface area (Å²) in [6, 6.07) is 0. The van der Waals surface area contributed by atoms with Crippen LogP contribution in [0.3, 0.4) is 0 Å². The Morgan fingerprint density at radius 1 is 0.565 bits per heavy atom. The van der Waals surface area contributed by atoms with E-state index in [4.69, 9.17) is 0 Å². The molecule has 0 aromatic heterocycles. The number of rotatable bonds is 8. The molecular formula is C14H20O8Zr. The van der Waals surface area contributed by atoms with E-state index in [1.807, 2.05) is 0 Å². The van der Waals surface area contributed by atoms with Crippen molar-refractivity contribution in [1.29, 1.82) is 0 Å². The molecule has 0 aliphatic heterocycles. The molecule has 0 aliphatic rings. The van der Waals surface area contributed by atoms with Crippen LogP contribution in [0, 0.1) is 10.8 Å². The second-order valence-electron chi connectivity index (χ2n) is 4.73. The van der Waals surface area contributed by atoms with Gasteiger partial charge in [-0.25, -0.2) is 0 Å². The van der Waals surface area contributed by atoms with Gasteiger partial charge in [0.1, 0.15) is 0 Å². The molecule has 9 heteroatoms. The Balaban J connectivity index is -0.000000333. The van der Waals surface area contributed by atoms with Crippen LogP contribution in [0.5, 0.6) is 0 Å². The topological polar surface area (TPSA) is 161 Å². The first-order valence-electron chi connectivity index (χ1n) is 6.88. The van der Waals surface area contributed by atoms with Crippen molar-refractivity contribution in [2.75, 3.05) is 0 Å². The molecule has 0 spiro atoms. The minimum absolute atomic E-state index is 0. The molecule has 0 amide bonds. The molecule has 128 valence electrons. The Hall–Kier alpha value is -1.24. The van der Waals surface area contributed by atoms with Gasteiger partial charge in [0, 0.05) is 10.8 Å². The van der Waals surface area contributed by atoms with Crippen molar-refractivity contribution in [2.45, 2.75) is 53.4 Å². The Morgan fingerprint density at radius 2 is 0.696 bits per heavy atom. The van der Waals surface area contributed by atoms with Gasteiger partial charge in [-0.15, -0.1) is 0 Å². The van der Waals surface area contributed by atoms with Gasteiger partial charge in [0.25, 0.3) is 0 Å². The predicted octanol–water partition coefficient (Wildman–Crippen LogP) is -3.42. The van der Waals surface area contributed by atoms with Crippen LogP contribution in [-0.4, -0.2) is 23.9 Å². The number of carboxylic acids is 4. The van der Waals surface area contributed by atoms with Crippen molar-refractivity contribution in [2.24, 2.45) is 10.8 Å². The fraction of sp³-hybridized carbons (Fsp3) is 0.714. The average molecular weight is 408 g/mol. The Morgan fingerprint density at radius 3 is 0.696 bits per heavy atom. The molecule has 8 nitrogen and oxygen atoms in total. The first-order chi connectivity index (χ1) is 10.0. The van der Waals surface area contributed by atoms with Gasteiger partial charge in [-0.1, -0.05) is 27.7 Å². The molecule has 0 aliphatic carbocycles. The van der Waals surface area contributed by atoms with Crippen LogP contribution in [-0.2, 0) is 45.4 Å². The van der Waals surface area contributed by atoms with E-state index in [-0.39, 0.29) is 51.9 Å². The van der Waals surface area contributed by atoms with E-state index in [2.05, 4.69) is 0 Å². The van der Waals surface area contributed by atoms with Gasteiger partial charge in [0.05, 0.1) is 23.9 Å². The molecule has 0 unspecified atom stereocenters. The molecule has 0 N–H and O–H groups in total. The molecule has 23 heavy (non-hydrogen) atoms. The van der Waals surface area contributed by atoms with Gasteiger partial charge in [-0.2, -0.15) is 0 Å². The van der Waals surface area contributed by atoms with Gasteiger partial charge in [-0.3, -0.25) is 0 Å². The third kappa shape index (κ3) is 6.05. The van der Waals surface area contributed by atoms with Gasteiger partial charge in [0.2, 0.25) is 0 Å². The quantitative estimate of drug-likeness (QED) is 0.376. The van der Waals surface area contributed by atoms with Crippen LogP contribution in [0.1, 0.15) is 53.4 Å². The van der Waals surface area contributed by atoms with Gasteiger partial charge >= 0.3 is 26.2 Å². The molecule has 0 atom stereocenters.